The van der Waals surface area contributed by atoms with E-state index in [9.17, 15) is 9.90 Å². The third-order valence-electron chi connectivity index (χ3n) is 3.39. The first kappa shape index (κ1) is 15.3. The summed E-state index contributed by atoms with van der Waals surface area (Å²) in [6, 6.07) is 13.8. The van der Waals surface area contributed by atoms with E-state index in [-0.39, 0.29) is 19.1 Å². The van der Waals surface area contributed by atoms with Gasteiger partial charge in [0.1, 0.15) is 18.5 Å². The monoisotopic (exact) mass is 287 g/mol. The van der Waals surface area contributed by atoms with Gasteiger partial charge in [-0.15, -0.1) is 0 Å². The molecular formula is C17H21NO3. The molecule has 0 aliphatic carbocycles. The van der Waals surface area contributed by atoms with E-state index in [0.717, 1.165) is 16.5 Å². The molecule has 4 nitrogen and oxygen atoms in total. The van der Waals surface area contributed by atoms with Gasteiger partial charge in [-0.1, -0.05) is 43.3 Å². The fraction of sp³-hybridized carbons (Fsp3) is 0.353. The fourth-order valence-electron chi connectivity index (χ4n) is 2.25. The molecule has 1 N–H and O–H groups in total. The second-order valence-corrected chi connectivity index (χ2v) is 5.07. The summed E-state index contributed by atoms with van der Waals surface area (Å²) in [7, 11) is 1.69. The highest BCUT2D eigenvalue weighted by Gasteiger charge is 2.13. The van der Waals surface area contributed by atoms with Gasteiger partial charge in [0.15, 0.2) is 0 Å². The zero-order valence-electron chi connectivity index (χ0n) is 12.5. The summed E-state index contributed by atoms with van der Waals surface area (Å²) < 4.78 is 5.71. The van der Waals surface area contributed by atoms with Crippen LogP contribution in [0.5, 0.6) is 5.75 Å². The molecule has 0 radical (unpaired) electrons. The van der Waals surface area contributed by atoms with Gasteiger partial charge < -0.3 is 14.7 Å². The first-order chi connectivity index (χ1) is 10.1. The molecule has 2 rings (SSSR count). The molecule has 4 heteroatoms. The molecule has 2 aromatic rings. The van der Waals surface area contributed by atoms with Crippen molar-refractivity contribution in [2.75, 3.05) is 20.2 Å². The highest BCUT2D eigenvalue weighted by molar-refractivity contribution is 5.88. The quantitative estimate of drug-likeness (QED) is 0.888. The Bertz CT molecular complexity index is 607. The maximum absolute atomic E-state index is 11.5. The average Bonchev–Trinajstić information content (AvgIpc) is 2.51. The number of carbonyl (C=O) groups excluding carboxylic acids is 1. The number of ether oxygens (including phenoxy) is 1. The van der Waals surface area contributed by atoms with Crippen LogP contribution in [0.2, 0.25) is 0 Å². The SMILES string of the molecule is CCC(=O)N(C)CC(O)COc1cccc2ccccc12. The predicted molar refractivity (Wildman–Crippen MR) is 83.4 cm³/mol. The van der Waals surface area contributed by atoms with E-state index in [1.807, 2.05) is 42.5 Å². The van der Waals surface area contributed by atoms with Crippen LogP contribution < -0.4 is 4.74 Å². The van der Waals surface area contributed by atoms with Gasteiger partial charge in [-0.25, -0.2) is 0 Å². The van der Waals surface area contributed by atoms with E-state index in [4.69, 9.17) is 4.74 Å². The van der Waals surface area contributed by atoms with Crippen LogP contribution in [-0.2, 0) is 4.79 Å². The number of carbonyl (C=O) groups is 1. The van der Waals surface area contributed by atoms with E-state index in [0.29, 0.717) is 6.42 Å². The van der Waals surface area contributed by atoms with Crippen molar-refractivity contribution in [2.24, 2.45) is 0 Å². The van der Waals surface area contributed by atoms with Crippen LogP contribution in [0.25, 0.3) is 10.8 Å². The summed E-state index contributed by atoms with van der Waals surface area (Å²) in [5.41, 5.74) is 0. The van der Waals surface area contributed by atoms with E-state index in [1.54, 1.807) is 14.0 Å². The minimum absolute atomic E-state index is 0.0132. The van der Waals surface area contributed by atoms with E-state index < -0.39 is 6.10 Å². The lowest BCUT2D eigenvalue weighted by molar-refractivity contribution is -0.131. The molecule has 0 fully saturated rings. The molecule has 112 valence electrons. The molecule has 1 amide bonds. The van der Waals surface area contributed by atoms with Crippen molar-refractivity contribution in [3.05, 3.63) is 42.5 Å². The molecule has 0 heterocycles. The molecule has 0 aromatic heterocycles. The van der Waals surface area contributed by atoms with Gasteiger partial charge in [0.2, 0.25) is 5.91 Å². The van der Waals surface area contributed by atoms with E-state index in [1.165, 1.54) is 4.90 Å². The van der Waals surface area contributed by atoms with Crippen LogP contribution in [0.3, 0.4) is 0 Å². The third-order valence-corrected chi connectivity index (χ3v) is 3.39. The van der Waals surface area contributed by atoms with Gasteiger partial charge in [-0.3, -0.25) is 4.79 Å². The normalized spacial score (nSPS) is 12.1. The van der Waals surface area contributed by atoms with Crippen LogP contribution in [0.15, 0.2) is 42.5 Å². The number of likely N-dealkylation sites (N-methyl/N-ethyl adjacent to an activating group) is 1. The lowest BCUT2D eigenvalue weighted by Gasteiger charge is -2.20. The van der Waals surface area contributed by atoms with Crippen molar-refractivity contribution >= 4 is 16.7 Å². The van der Waals surface area contributed by atoms with Crippen molar-refractivity contribution < 1.29 is 14.6 Å². The molecule has 2 aromatic carbocycles. The Labute approximate surface area is 124 Å². The first-order valence-corrected chi connectivity index (χ1v) is 7.14. The molecule has 1 atom stereocenters. The van der Waals surface area contributed by atoms with Gasteiger partial charge in [0, 0.05) is 25.4 Å². The zero-order valence-corrected chi connectivity index (χ0v) is 12.5. The molecule has 21 heavy (non-hydrogen) atoms. The van der Waals surface area contributed by atoms with Crippen molar-refractivity contribution in [2.45, 2.75) is 19.4 Å². The van der Waals surface area contributed by atoms with Gasteiger partial charge in [-0.2, -0.15) is 0 Å². The van der Waals surface area contributed by atoms with Gasteiger partial charge in [0.25, 0.3) is 0 Å². The van der Waals surface area contributed by atoms with Crippen LogP contribution in [0.1, 0.15) is 13.3 Å². The number of fused-ring (bicyclic) bond motifs is 1. The minimum Gasteiger partial charge on any atom is -0.490 e. The highest BCUT2D eigenvalue weighted by Crippen LogP contribution is 2.25. The summed E-state index contributed by atoms with van der Waals surface area (Å²) in [6.45, 7) is 2.24. The molecule has 0 aliphatic heterocycles. The Hall–Kier alpha value is -2.07. The van der Waals surface area contributed by atoms with Crippen molar-refractivity contribution in [1.29, 1.82) is 0 Å². The zero-order chi connectivity index (χ0) is 15.2. The largest absolute Gasteiger partial charge is 0.490 e. The minimum atomic E-state index is -0.704. The third kappa shape index (κ3) is 3.95. The van der Waals surface area contributed by atoms with Crippen molar-refractivity contribution in [3.63, 3.8) is 0 Å². The number of benzene rings is 2. The number of amides is 1. The second kappa shape index (κ2) is 7.09. The number of hydrogen-bond acceptors (Lipinski definition) is 3. The summed E-state index contributed by atoms with van der Waals surface area (Å²) in [6.07, 6.45) is -0.266. The Morgan fingerprint density at radius 1 is 1.24 bits per heavy atom. The molecule has 1 unspecified atom stereocenters. The fourth-order valence-corrected chi connectivity index (χ4v) is 2.25. The second-order valence-electron chi connectivity index (χ2n) is 5.07. The standard InChI is InChI=1S/C17H21NO3/c1-3-17(20)18(2)11-14(19)12-21-16-10-6-8-13-7-4-5-9-15(13)16/h4-10,14,19H,3,11-12H2,1-2H3. The molecule has 0 aliphatic rings. The van der Waals surface area contributed by atoms with Crippen LogP contribution in [0, 0.1) is 0 Å². The first-order valence-electron chi connectivity index (χ1n) is 7.14. The highest BCUT2D eigenvalue weighted by atomic mass is 16.5. The van der Waals surface area contributed by atoms with Gasteiger partial charge in [-0.05, 0) is 11.5 Å². The molecule has 0 saturated carbocycles. The van der Waals surface area contributed by atoms with Crippen molar-refractivity contribution in [1.82, 2.24) is 4.90 Å². The topological polar surface area (TPSA) is 49.8 Å². The number of aliphatic hydroxyl groups excluding tert-OH is 1. The summed E-state index contributed by atoms with van der Waals surface area (Å²) in [4.78, 5) is 13.0. The Morgan fingerprint density at radius 2 is 1.95 bits per heavy atom. The number of aliphatic hydroxyl groups is 1. The molecular weight excluding hydrogens is 266 g/mol. The van der Waals surface area contributed by atoms with Gasteiger partial charge in [0.05, 0.1) is 0 Å². The van der Waals surface area contributed by atoms with Crippen LogP contribution in [0.4, 0.5) is 0 Å². The summed E-state index contributed by atoms with van der Waals surface area (Å²) in [5, 5.41) is 12.1. The molecule has 0 saturated heterocycles. The number of hydrogen-bond donors (Lipinski definition) is 1. The summed E-state index contributed by atoms with van der Waals surface area (Å²) in [5.74, 6) is 0.760. The maximum Gasteiger partial charge on any atom is 0.222 e. The Kier molecular flexibility index (Phi) is 5.17. The lowest BCUT2D eigenvalue weighted by atomic mass is 10.1. The van der Waals surface area contributed by atoms with Crippen LogP contribution >= 0.6 is 0 Å². The summed E-state index contributed by atoms with van der Waals surface area (Å²) >= 11 is 0. The van der Waals surface area contributed by atoms with Gasteiger partial charge >= 0.3 is 0 Å². The molecule has 0 bridgehead atoms. The van der Waals surface area contributed by atoms with Crippen molar-refractivity contribution in [3.8, 4) is 5.75 Å². The number of rotatable bonds is 6. The predicted octanol–water partition coefficient (Wildman–Crippen LogP) is 2.45. The van der Waals surface area contributed by atoms with Crippen LogP contribution in [-0.4, -0.2) is 42.2 Å². The van der Waals surface area contributed by atoms with E-state index in [2.05, 4.69) is 0 Å². The van der Waals surface area contributed by atoms with E-state index >= 15 is 0 Å². The number of nitrogens with zero attached hydrogens (tertiary/aromatic N) is 1. The maximum atomic E-state index is 11.5. The Balaban J connectivity index is 1.97. The smallest absolute Gasteiger partial charge is 0.222 e. The molecule has 0 spiro atoms. The average molecular weight is 287 g/mol. The lowest BCUT2D eigenvalue weighted by Crippen LogP contribution is -2.36. The Morgan fingerprint density at radius 3 is 2.71 bits per heavy atom.